The summed E-state index contributed by atoms with van der Waals surface area (Å²) in [6, 6.07) is 1.71. The minimum absolute atomic E-state index is 0.0756. The van der Waals surface area contributed by atoms with Crippen molar-refractivity contribution in [2.45, 2.75) is 6.42 Å². The highest BCUT2D eigenvalue weighted by molar-refractivity contribution is 7.13. The Morgan fingerprint density at radius 3 is 2.88 bits per heavy atom. The molecule has 0 aromatic carbocycles. The van der Waals surface area contributed by atoms with Crippen molar-refractivity contribution in [3.63, 3.8) is 0 Å². The Labute approximate surface area is 95.0 Å². The van der Waals surface area contributed by atoms with Gasteiger partial charge < -0.3 is 10.4 Å². The number of carboxylic acid groups (broad SMARTS) is 1. The van der Waals surface area contributed by atoms with Crippen molar-refractivity contribution in [1.29, 1.82) is 0 Å². The highest BCUT2D eigenvalue weighted by Gasteiger charge is 2.06. The molecule has 0 bridgehead atoms. The first-order chi connectivity index (χ1) is 7.74. The maximum absolute atomic E-state index is 10.5. The molecule has 0 radical (unpaired) electrons. The molecule has 0 aliphatic rings. The van der Waals surface area contributed by atoms with E-state index in [0.717, 1.165) is 0 Å². The molecule has 0 amide bonds. The topological polar surface area (TPSA) is 88.0 Å². The standard InChI is InChI=1S/C9H8N4O2S/c14-7(15)4-6-5-16-9(12-6)13-8-10-2-1-3-11-8/h1-3,5H,4H2,(H,14,15)(H,10,11,12,13). The van der Waals surface area contributed by atoms with Crippen molar-refractivity contribution in [3.8, 4) is 0 Å². The third-order valence-electron chi connectivity index (χ3n) is 1.67. The number of rotatable bonds is 4. The van der Waals surface area contributed by atoms with Crippen molar-refractivity contribution in [3.05, 3.63) is 29.5 Å². The molecule has 6 nitrogen and oxygen atoms in total. The van der Waals surface area contributed by atoms with E-state index in [-0.39, 0.29) is 6.42 Å². The molecule has 0 saturated carbocycles. The molecule has 2 aromatic rings. The minimum Gasteiger partial charge on any atom is -0.481 e. The summed E-state index contributed by atoms with van der Waals surface area (Å²) < 4.78 is 0. The number of hydrogen-bond acceptors (Lipinski definition) is 6. The third kappa shape index (κ3) is 2.74. The van der Waals surface area contributed by atoms with Crippen LogP contribution in [0, 0.1) is 0 Å². The molecule has 16 heavy (non-hydrogen) atoms. The van der Waals surface area contributed by atoms with Crippen LogP contribution >= 0.6 is 11.3 Å². The van der Waals surface area contributed by atoms with Crippen LogP contribution in [0.3, 0.4) is 0 Å². The molecule has 0 saturated heterocycles. The summed E-state index contributed by atoms with van der Waals surface area (Å²) in [7, 11) is 0. The van der Waals surface area contributed by atoms with Gasteiger partial charge in [0, 0.05) is 17.8 Å². The lowest BCUT2D eigenvalue weighted by atomic mass is 10.3. The molecule has 0 aliphatic heterocycles. The Kier molecular flexibility index (Phi) is 3.06. The van der Waals surface area contributed by atoms with Gasteiger partial charge in [-0.15, -0.1) is 11.3 Å². The monoisotopic (exact) mass is 236 g/mol. The van der Waals surface area contributed by atoms with Gasteiger partial charge in [-0.25, -0.2) is 15.0 Å². The lowest BCUT2D eigenvalue weighted by Crippen LogP contribution is -2.01. The van der Waals surface area contributed by atoms with E-state index < -0.39 is 5.97 Å². The highest BCUT2D eigenvalue weighted by atomic mass is 32.1. The Balaban J connectivity index is 2.06. The van der Waals surface area contributed by atoms with Gasteiger partial charge in [0.1, 0.15) is 0 Å². The summed E-state index contributed by atoms with van der Waals surface area (Å²) in [6.45, 7) is 0. The van der Waals surface area contributed by atoms with Gasteiger partial charge in [0.15, 0.2) is 5.13 Å². The van der Waals surface area contributed by atoms with Crippen LogP contribution in [0.4, 0.5) is 11.1 Å². The number of nitrogens with zero attached hydrogens (tertiary/aromatic N) is 3. The summed E-state index contributed by atoms with van der Waals surface area (Å²) in [5, 5.41) is 13.8. The summed E-state index contributed by atoms with van der Waals surface area (Å²) in [5.41, 5.74) is 0.524. The van der Waals surface area contributed by atoms with Crippen molar-refractivity contribution in [2.75, 3.05) is 5.32 Å². The average molecular weight is 236 g/mol. The second-order valence-electron chi connectivity index (χ2n) is 2.91. The Morgan fingerprint density at radius 2 is 2.19 bits per heavy atom. The lowest BCUT2D eigenvalue weighted by molar-refractivity contribution is -0.136. The number of nitrogens with one attached hydrogen (secondary N) is 1. The molecule has 0 fully saturated rings. The first-order valence-electron chi connectivity index (χ1n) is 4.44. The molecule has 2 aromatic heterocycles. The first-order valence-corrected chi connectivity index (χ1v) is 5.32. The number of thiazole rings is 1. The zero-order valence-corrected chi connectivity index (χ0v) is 8.94. The molecule has 2 N–H and O–H groups in total. The Bertz CT molecular complexity index is 485. The molecule has 0 aliphatic carbocycles. The fraction of sp³-hybridized carbons (Fsp3) is 0.111. The van der Waals surface area contributed by atoms with Crippen molar-refractivity contribution in [1.82, 2.24) is 15.0 Å². The van der Waals surface area contributed by atoms with Crippen molar-refractivity contribution < 1.29 is 9.90 Å². The molecular weight excluding hydrogens is 228 g/mol. The van der Waals surface area contributed by atoms with E-state index in [9.17, 15) is 4.79 Å². The SMILES string of the molecule is O=C(O)Cc1csc(Nc2ncccn2)n1. The van der Waals surface area contributed by atoms with E-state index in [1.807, 2.05) is 0 Å². The second-order valence-corrected chi connectivity index (χ2v) is 3.77. The largest absolute Gasteiger partial charge is 0.481 e. The van der Waals surface area contributed by atoms with Gasteiger partial charge in [-0.3, -0.25) is 4.79 Å². The van der Waals surface area contributed by atoms with E-state index in [1.54, 1.807) is 23.8 Å². The van der Waals surface area contributed by atoms with Crippen LogP contribution < -0.4 is 5.32 Å². The number of anilines is 2. The number of hydrogen-bond donors (Lipinski definition) is 2. The third-order valence-corrected chi connectivity index (χ3v) is 2.48. The van der Waals surface area contributed by atoms with Crippen LogP contribution in [0.15, 0.2) is 23.8 Å². The smallest absolute Gasteiger partial charge is 0.309 e. The van der Waals surface area contributed by atoms with E-state index in [4.69, 9.17) is 5.11 Å². The summed E-state index contributed by atoms with van der Waals surface area (Å²) >= 11 is 1.32. The van der Waals surface area contributed by atoms with Crippen LogP contribution in [0.1, 0.15) is 5.69 Å². The summed E-state index contributed by atoms with van der Waals surface area (Å²) in [5.74, 6) is -0.452. The zero-order valence-electron chi connectivity index (χ0n) is 8.12. The van der Waals surface area contributed by atoms with Gasteiger partial charge in [0.05, 0.1) is 12.1 Å². The fourth-order valence-electron chi connectivity index (χ4n) is 1.06. The van der Waals surface area contributed by atoms with Crippen LogP contribution in [-0.4, -0.2) is 26.0 Å². The van der Waals surface area contributed by atoms with E-state index in [2.05, 4.69) is 20.3 Å². The molecule has 0 spiro atoms. The van der Waals surface area contributed by atoms with Gasteiger partial charge in [-0.05, 0) is 6.07 Å². The molecule has 2 heterocycles. The van der Waals surface area contributed by atoms with E-state index in [0.29, 0.717) is 16.8 Å². The van der Waals surface area contributed by atoms with Gasteiger partial charge in [-0.2, -0.15) is 0 Å². The van der Waals surface area contributed by atoms with Gasteiger partial charge in [0.2, 0.25) is 5.95 Å². The van der Waals surface area contributed by atoms with Crippen LogP contribution in [0.5, 0.6) is 0 Å². The van der Waals surface area contributed by atoms with Crippen molar-refractivity contribution >= 4 is 28.4 Å². The number of aliphatic carboxylic acids is 1. The average Bonchev–Trinajstić information content (AvgIpc) is 2.66. The van der Waals surface area contributed by atoms with Gasteiger partial charge in [0.25, 0.3) is 0 Å². The molecular formula is C9H8N4O2S. The molecule has 0 unspecified atom stereocenters. The van der Waals surface area contributed by atoms with Gasteiger partial charge in [-0.1, -0.05) is 0 Å². The van der Waals surface area contributed by atoms with E-state index >= 15 is 0 Å². The quantitative estimate of drug-likeness (QED) is 0.832. The molecule has 7 heteroatoms. The highest BCUT2D eigenvalue weighted by Crippen LogP contribution is 2.18. The summed E-state index contributed by atoms with van der Waals surface area (Å²) in [4.78, 5) is 22.5. The lowest BCUT2D eigenvalue weighted by Gasteiger charge is -1.97. The maximum Gasteiger partial charge on any atom is 0.309 e. The Hall–Kier alpha value is -2.02. The van der Waals surface area contributed by atoms with Crippen LogP contribution in [0.25, 0.3) is 0 Å². The van der Waals surface area contributed by atoms with E-state index in [1.165, 1.54) is 11.3 Å². The predicted molar refractivity (Wildman–Crippen MR) is 58.8 cm³/mol. The number of carboxylic acids is 1. The zero-order chi connectivity index (χ0) is 11.4. The summed E-state index contributed by atoms with van der Waals surface area (Å²) in [6.07, 6.45) is 3.15. The predicted octanol–water partition coefficient (Wildman–Crippen LogP) is 1.30. The maximum atomic E-state index is 10.5. The fourth-order valence-corrected chi connectivity index (χ4v) is 1.76. The second kappa shape index (κ2) is 4.67. The normalized spacial score (nSPS) is 10.0. The number of carbonyl (C=O) groups is 1. The first kappa shape index (κ1) is 10.5. The number of aromatic nitrogens is 3. The molecule has 2 rings (SSSR count). The molecule has 82 valence electrons. The van der Waals surface area contributed by atoms with Crippen LogP contribution in [-0.2, 0) is 11.2 Å². The van der Waals surface area contributed by atoms with Crippen molar-refractivity contribution in [2.24, 2.45) is 0 Å². The van der Waals surface area contributed by atoms with Gasteiger partial charge >= 0.3 is 5.97 Å². The molecule has 0 atom stereocenters. The van der Waals surface area contributed by atoms with Crippen LogP contribution in [0.2, 0.25) is 0 Å². The minimum atomic E-state index is -0.896. The Morgan fingerprint density at radius 1 is 1.44 bits per heavy atom.